The van der Waals surface area contributed by atoms with Crippen LogP contribution in [0.15, 0.2) is 72.9 Å². The third-order valence-corrected chi connectivity index (χ3v) is 5.51. The number of ether oxygens (including phenoxy) is 1. The number of methoxy groups -OCH3 is 1. The molecule has 0 atom stereocenters. The van der Waals surface area contributed by atoms with Crippen LogP contribution in [0.25, 0.3) is 21.2 Å². The first-order valence-corrected chi connectivity index (χ1v) is 9.16. The van der Waals surface area contributed by atoms with E-state index in [9.17, 15) is 4.79 Å². The highest BCUT2D eigenvalue weighted by molar-refractivity contribution is 7.20. The molecule has 0 unspecified atom stereocenters. The minimum atomic E-state index is -0.302. The van der Waals surface area contributed by atoms with E-state index in [1.54, 1.807) is 6.20 Å². The summed E-state index contributed by atoms with van der Waals surface area (Å²) in [5.74, 6) is -0.302. The van der Waals surface area contributed by atoms with E-state index in [1.807, 2.05) is 30.3 Å². The van der Waals surface area contributed by atoms with Crippen LogP contribution >= 0.6 is 11.3 Å². The summed E-state index contributed by atoms with van der Waals surface area (Å²) in [4.78, 5) is 16.9. The van der Waals surface area contributed by atoms with Crippen LogP contribution in [-0.2, 0) is 11.2 Å². The molecule has 4 rings (SSSR count). The highest BCUT2D eigenvalue weighted by atomic mass is 32.1. The number of hydrogen-bond donors (Lipinski definition) is 0. The lowest BCUT2D eigenvalue weighted by Crippen LogP contribution is -1.96. The second-order valence-electron chi connectivity index (χ2n) is 6.02. The van der Waals surface area contributed by atoms with Crippen molar-refractivity contribution >= 4 is 27.4 Å². The number of esters is 1. The second-order valence-corrected chi connectivity index (χ2v) is 7.07. The zero-order valence-corrected chi connectivity index (χ0v) is 15.1. The van der Waals surface area contributed by atoms with Gasteiger partial charge in [-0.05, 0) is 34.2 Å². The van der Waals surface area contributed by atoms with Crippen LogP contribution in [0.2, 0.25) is 0 Å². The van der Waals surface area contributed by atoms with Gasteiger partial charge in [-0.2, -0.15) is 0 Å². The van der Waals surface area contributed by atoms with Gasteiger partial charge >= 0.3 is 5.97 Å². The molecular weight excluding hydrogens is 342 g/mol. The Morgan fingerprint density at radius 1 is 1.00 bits per heavy atom. The van der Waals surface area contributed by atoms with Gasteiger partial charge in [-0.1, -0.05) is 54.6 Å². The van der Waals surface area contributed by atoms with Crippen molar-refractivity contribution in [3.63, 3.8) is 0 Å². The first-order chi connectivity index (χ1) is 12.7. The number of hydrogen-bond acceptors (Lipinski definition) is 4. The summed E-state index contributed by atoms with van der Waals surface area (Å²) in [7, 11) is 1.40. The van der Waals surface area contributed by atoms with Crippen molar-refractivity contribution in [1.82, 2.24) is 4.98 Å². The Hall–Kier alpha value is -2.98. The van der Waals surface area contributed by atoms with E-state index in [1.165, 1.54) is 35.1 Å². The minimum absolute atomic E-state index is 0.302. The largest absolute Gasteiger partial charge is 0.465 e. The lowest BCUT2D eigenvalue weighted by atomic mass is 10.0. The molecule has 4 aromatic rings. The van der Waals surface area contributed by atoms with Gasteiger partial charge in [-0.3, -0.25) is 4.98 Å². The lowest BCUT2D eigenvalue weighted by molar-refractivity contribution is 0.0606. The third kappa shape index (κ3) is 3.24. The average molecular weight is 359 g/mol. The topological polar surface area (TPSA) is 39.2 Å². The normalized spacial score (nSPS) is 10.8. The van der Waals surface area contributed by atoms with Gasteiger partial charge in [0.2, 0.25) is 0 Å². The summed E-state index contributed by atoms with van der Waals surface area (Å²) < 4.78 is 5.87. The SMILES string of the molecule is COC(=O)c1cc2ccnc(Cc3ccc(-c4ccccc4)cc3)c2s1. The zero-order valence-electron chi connectivity index (χ0n) is 14.3. The number of carbonyl (C=O) groups is 1. The molecule has 0 amide bonds. The molecule has 0 aliphatic carbocycles. The summed E-state index contributed by atoms with van der Waals surface area (Å²) in [5.41, 5.74) is 4.58. The van der Waals surface area contributed by atoms with Gasteiger partial charge < -0.3 is 4.74 Å². The fraction of sp³-hybridized carbons (Fsp3) is 0.0909. The van der Waals surface area contributed by atoms with E-state index < -0.39 is 0 Å². The Morgan fingerprint density at radius 3 is 2.46 bits per heavy atom. The highest BCUT2D eigenvalue weighted by Gasteiger charge is 2.13. The first kappa shape index (κ1) is 16.5. The van der Waals surface area contributed by atoms with Gasteiger partial charge in [0.25, 0.3) is 0 Å². The van der Waals surface area contributed by atoms with Crippen LogP contribution in [0.5, 0.6) is 0 Å². The number of rotatable bonds is 4. The van der Waals surface area contributed by atoms with Crippen molar-refractivity contribution in [1.29, 1.82) is 0 Å². The molecule has 0 bridgehead atoms. The zero-order chi connectivity index (χ0) is 17.9. The number of thiophene rings is 1. The van der Waals surface area contributed by atoms with Crippen LogP contribution in [-0.4, -0.2) is 18.1 Å². The maximum absolute atomic E-state index is 11.8. The molecule has 26 heavy (non-hydrogen) atoms. The molecule has 2 aromatic heterocycles. The summed E-state index contributed by atoms with van der Waals surface area (Å²) in [5, 5.41) is 1.03. The number of fused-ring (bicyclic) bond motifs is 1. The van der Waals surface area contributed by atoms with Gasteiger partial charge in [0.1, 0.15) is 4.88 Å². The Balaban J connectivity index is 1.63. The van der Waals surface area contributed by atoms with Crippen molar-refractivity contribution in [2.45, 2.75) is 6.42 Å². The number of pyridine rings is 1. The molecule has 4 heteroatoms. The molecule has 0 aliphatic rings. The van der Waals surface area contributed by atoms with E-state index in [-0.39, 0.29) is 5.97 Å². The van der Waals surface area contributed by atoms with E-state index in [0.29, 0.717) is 4.88 Å². The number of benzene rings is 2. The van der Waals surface area contributed by atoms with E-state index in [4.69, 9.17) is 4.74 Å². The van der Waals surface area contributed by atoms with Crippen molar-refractivity contribution in [3.05, 3.63) is 89.1 Å². The standard InChI is InChI=1S/C22H17NO2S/c1-25-22(24)20-14-18-11-12-23-19(21(18)26-20)13-15-7-9-17(10-8-15)16-5-3-2-4-6-16/h2-12,14H,13H2,1H3. The van der Waals surface area contributed by atoms with Crippen molar-refractivity contribution < 1.29 is 9.53 Å². The van der Waals surface area contributed by atoms with Crippen LogP contribution in [0, 0.1) is 0 Å². The smallest absolute Gasteiger partial charge is 0.348 e. The number of carbonyl (C=O) groups excluding carboxylic acids is 1. The maximum atomic E-state index is 11.8. The van der Waals surface area contributed by atoms with Crippen LogP contribution in [0.1, 0.15) is 20.9 Å². The van der Waals surface area contributed by atoms with Gasteiger partial charge in [0, 0.05) is 12.6 Å². The molecule has 0 N–H and O–H groups in total. The predicted molar refractivity (Wildman–Crippen MR) is 106 cm³/mol. The molecule has 0 aliphatic heterocycles. The Labute approximate surface area is 155 Å². The van der Waals surface area contributed by atoms with Crippen molar-refractivity contribution in [2.24, 2.45) is 0 Å². The van der Waals surface area contributed by atoms with Gasteiger partial charge in [0.05, 0.1) is 17.5 Å². The minimum Gasteiger partial charge on any atom is -0.465 e. The molecule has 3 nitrogen and oxygen atoms in total. The Morgan fingerprint density at radius 2 is 1.73 bits per heavy atom. The predicted octanol–water partition coefficient (Wildman–Crippen LogP) is 5.34. The molecule has 0 saturated heterocycles. The lowest BCUT2D eigenvalue weighted by Gasteiger charge is -2.05. The van der Waals surface area contributed by atoms with Gasteiger partial charge in [-0.25, -0.2) is 4.79 Å². The summed E-state index contributed by atoms with van der Waals surface area (Å²) in [6.07, 6.45) is 2.53. The van der Waals surface area contributed by atoms with Crippen LogP contribution in [0.3, 0.4) is 0 Å². The van der Waals surface area contributed by atoms with Gasteiger partial charge in [-0.15, -0.1) is 11.3 Å². The quantitative estimate of drug-likeness (QED) is 0.462. The van der Waals surface area contributed by atoms with Gasteiger partial charge in [0.15, 0.2) is 0 Å². The van der Waals surface area contributed by atoms with Crippen molar-refractivity contribution in [3.8, 4) is 11.1 Å². The van der Waals surface area contributed by atoms with Crippen LogP contribution in [0.4, 0.5) is 0 Å². The number of nitrogens with zero attached hydrogens (tertiary/aromatic N) is 1. The van der Waals surface area contributed by atoms with E-state index >= 15 is 0 Å². The maximum Gasteiger partial charge on any atom is 0.348 e. The highest BCUT2D eigenvalue weighted by Crippen LogP contribution is 2.29. The molecule has 0 fully saturated rings. The molecular formula is C22H17NO2S. The molecule has 2 aromatic carbocycles. The monoisotopic (exact) mass is 359 g/mol. The fourth-order valence-electron chi connectivity index (χ4n) is 2.99. The summed E-state index contributed by atoms with van der Waals surface area (Å²) >= 11 is 1.44. The molecule has 128 valence electrons. The van der Waals surface area contributed by atoms with Crippen molar-refractivity contribution in [2.75, 3.05) is 7.11 Å². The first-order valence-electron chi connectivity index (χ1n) is 8.35. The summed E-state index contributed by atoms with van der Waals surface area (Å²) in [6, 6.07) is 22.7. The Kier molecular flexibility index (Phi) is 4.50. The molecule has 2 heterocycles. The number of aromatic nitrogens is 1. The van der Waals surface area contributed by atoms with E-state index in [2.05, 4.69) is 41.4 Å². The second kappa shape index (κ2) is 7.10. The molecule has 0 saturated carbocycles. The van der Waals surface area contributed by atoms with E-state index in [0.717, 1.165) is 22.2 Å². The van der Waals surface area contributed by atoms with Crippen LogP contribution < -0.4 is 0 Å². The molecule has 0 radical (unpaired) electrons. The third-order valence-electron chi connectivity index (χ3n) is 4.33. The Bertz CT molecular complexity index is 1050. The average Bonchev–Trinajstić information content (AvgIpc) is 3.14. The fourth-order valence-corrected chi connectivity index (χ4v) is 4.05. The molecule has 0 spiro atoms. The summed E-state index contributed by atoms with van der Waals surface area (Å²) in [6.45, 7) is 0.